The number of carbonyl (C=O) groups is 1. The van der Waals surface area contributed by atoms with Crippen molar-refractivity contribution < 1.29 is 4.79 Å². The highest BCUT2D eigenvalue weighted by Gasteiger charge is 2.19. The predicted molar refractivity (Wildman–Crippen MR) is 136 cm³/mol. The fourth-order valence-corrected chi connectivity index (χ4v) is 5.07. The van der Waals surface area contributed by atoms with E-state index in [9.17, 15) is 4.79 Å². The Kier molecular flexibility index (Phi) is 8.55. The zero-order valence-corrected chi connectivity index (χ0v) is 21.0. The number of carbonyl (C=O) groups excluding carboxylic acids is 1. The minimum atomic E-state index is -0.216. The molecule has 1 amide bonds. The first-order valence-corrected chi connectivity index (χ1v) is 12.9. The number of nitrogens with zero attached hydrogens (tertiary/aromatic N) is 4. The molecule has 33 heavy (non-hydrogen) atoms. The van der Waals surface area contributed by atoms with Crippen molar-refractivity contribution in [2.24, 2.45) is 0 Å². The number of nitrogens with one attached hydrogen (secondary N) is 1. The summed E-state index contributed by atoms with van der Waals surface area (Å²) in [6, 6.07) is 13.3. The zero-order chi connectivity index (χ0) is 23.2. The summed E-state index contributed by atoms with van der Waals surface area (Å²) in [5.41, 5.74) is 1.58. The fourth-order valence-electron chi connectivity index (χ4n) is 3.72. The van der Waals surface area contributed by atoms with E-state index >= 15 is 0 Å². The molecule has 0 aliphatic carbocycles. The predicted octanol–water partition coefficient (Wildman–Crippen LogP) is 6.00. The number of thioether (sulfide) groups is 1. The molecule has 4 rings (SSSR count). The molecule has 0 saturated carbocycles. The van der Waals surface area contributed by atoms with Gasteiger partial charge in [-0.1, -0.05) is 83.3 Å². The van der Waals surface area contributed by atoms with Gasteiger partial charge in [-0.25, -0.2) is 0 Å². The smallest absolute Gasteiger partial charge is 0.234 e. The SMILES string of the molecule is O=C(CSc1nnc(CN2CCCCC2)n1Cc1ccccc1)Nc1cc(Cl)c(Cl)cc1Cl. The molecule has 0 unspecified atom stereocenters. The maximum absolute atomic E-state index is 12.6. The van der Waals surface area contributed by atoms with Crippen molar-refractivity contribution in [2.75, 3.05) is 24.2 Å². The van der Waals surface area contributed by atoms with Crippen LogP contribution in [0.1, 0.15) is 30.7 Å². The molecule has 6 nitrogen and oxygen atoms in total. The van der Waals surface area contributed by atoms with Gasteiger partial charge in [0.05, 0.1) is 39.6 Å². The molecule has 1 saturated heterocycles. The topological polar surface area (TPSA) is 63.1 Å². The summed E-state index contributed by atoms with van der Waals surface area (Å²) in [6.07, 6.45) is 3.71. The maximum atomic E-state index is 12.6. The van der Waals surface area contributed by atoms with Crippen LogP contribution >= 0.6 is 46.6 Å². The summed E-state index contributed by atoms with van der Waals surface area (Å²) in [6.45, 7) is 3.56. The molecule has 0 bridgehead atoms. The van der Waals surface area contributed by atoms with Crippen molar-refractivity contribution in [2.45, 2.75) is 37.5 Å². The quantitative estimate of drug-likeness (QED) is 0.289. The Labute approximate surface area is 212 Å². The van der Waals surface area contributed by atoms with Gasteiger partial charge in [0.2, 0.25) is 5.91 Å². The van der Waals surface area contributed by atoms with Crippen LogP contribution in [-0.2, 0) is 17.9 Å². The van der Waals surface area contributed by atoms with E-state index in [0.717, 1.165) is 31.0 Å². The minimum absolute atomic E-state index is 0.160. The number of likely N-dealkylation sites (tertiary alicyclic amines) is 1. The van der Waals surface area contributed by atoms with Gasteiger partial charge in [-0.2, -0.15) is 0 Å². The Hall–Kier alpha value is -1.77. The lowest BCUT2D eigenvalue weighted by molar-refractivity contribution is -0.113. The Morgan fingerprint density at radius 1 is 0.939 bits per heavy atom. The second-order valence-corrected chi connectivity index (χ2v) is 10.1. The third kappa shape index (κ3) is 6.64. The molecule has 1 aliphatic heterocycles. The van der Waals surface area contributed by atoms with Gasteiger partial charge in [0.15, 0.2) is 5.16 Å². The first-order valence-electron chi connectivity index (χ1n) is 10.7. The van der Waals surface area contributed by atoms with Gasteiger partial charge in [0.1, 0.15) is 5.82 Å². The monoisotopic (exact) mass is 523 g/mol. The van der Waals surface area contributed by atoms with Crippen LogP contribution in [0.25, 0.3) is 0 Å². The lowest BCUT2D eigenvalue weighted by Crippen LogP contribution is -2.30. The number of hydrogen-bond donors (Lipinski definition) is 1. The van der Waals surface area contributed by atoms with Gasteiger partial charge >= 0.3 is 0 Å². The molecule has 1 aliphatic rings. The molecule has 2 aromatic carbocycles. The largest absolute Gasteiger partial charge is 0.324 e. The molecule has 1 aromatic heterocycles. The van der Waals surface area contributed by atoms with Crippen molar-refractivity contribution >= 4 is 58.2 Å². The summed E-state index contributed by atoms with van der Waals surface area (Å²) >= 11 is 19.5. The van der Waals surface area contributed by atoms with Crippen LogP contribution in [0.2, 0.25) is 15.1 Å². The van der Waals surface area contributed by atoms with Gasteiger partial charge in [0.25, 0.3) is 0 Å². The molecule has 3 aromatic rings. The third-order valence-corrected chi connectivity index (χ3v) is 7.41. The highest BCUT2D eigenvalue weighted by Crippen LogP contribution is 2.32. The Morgan fingerprint density at radius 3 is 2.42 bits per heavy atom. The van der Waals surface area contributed by atoms with Crippen LogP contribution < -0.4 is 5.32 Å². The van der Waals surface area contributed by atoms with Gasteiger partial charge in [-0.3, -0.25) is 9.69 Å². The minimum Gasteiger partial charge on any atom is -0.324 e. The van der Waals surface area contributed by atoms with Gasteiger partial charge in [0, 0.05) is 0 Å². The summed E-state index contributed by atoms with van der Waals surface area (Å²) in [5, 5.41) is 13.4. The lowest BCUT2D eigenvalue weighted by atomic mass is 10.1. The molecule has 1 N–H and O–H groups in total. The number of amides is 1. The van der Waals surface area contributed by atoms with E-state index in [2.05, 4.69) is 37.1 Å². The van der Waals surface area contributed by atoms with E-state index in [1.165, 1.54) is 37.1 Å². The molecule has 1 fully saturated rings. The van der Waals surface area contributed by atoms with Crippen LogP contribution in [0.5, 0.6) is 0 Å². The highest BCUT2D eigenvalue weighted by molar-refractivity contribution is 7.99. The number of anilines is 1. The summed E-state index contributed by atoms with van der Waals surface area (Å²) in [5.74, 6) is 0.857. The number of hydrogen-bond acceptors (Lipinski definition) is 5. The summed E-state index contributed by atoms with van der Waals surface area (Å²) < 4.78 is 2.11. The molecular formula is C23H24Cl3N5OS. The van der Waals surface area contributed by atoms with Gasteiger partial charge in [-0.05, 0) is 43.6 Å². The van der Waals surface area contributed by atoms with E-state index in [1.807, 2.05) is 18.2 Å². The van der Waals surface area contributed by atoms with Gasteiger partial charge in [-0.15, -0.1) is 10.2 Å². The molecule has 2 heterocycles. The summed E-state index contributed by atoms with van der Waals surface area (Å²) in [7, 11) is 0. The second-order valence-electron chi connectivity index (χ2n) is 7.89. The highest BCUT2D eigenvalue weighted by atomic mass is 35.5. The van der Waals surface area contributed by atoms with Crippen molar-refractivity contribution in [1.29, 1.82) is 0 Å². The van der Waals surface area contributed by atoms with Crippen LogP contribution in [-0.4, -0.2) is 44.4 Å². The van der Waals surface area contributed by atoms with E-state index < -0.39 is 0 Å². The standard InChI is InChI=1S/C23H24Cl3N5OS/c24-17-11-19(26)20(12-18(17)25)27-22(32)15-33-23-29-28-21(14-30-9-5-2-6-10-30)31(23)13-16-7-3-1-4-8-16/h1,3-4,7-8,11-12H,2,5-6,9-10,13-15H2,(H,27,32). The van der Waals surface area contributed by atoms with Crippen LogP contribution in [0, 0.1) is 0 Å². The number of benzene rings is 2. The number of rotatable bonds is 8. The Morgan fingerprint density at radius 2 is 1.67 bits per heavy atom. The fraction of sp³-hybridized carbons (Fsp3) is 0.348. The van der Waals surface area contributed by atoms with Gasteiger partial charge < -0.3 is 9.88 Å². The van der Waals surface area contributed by atoms with Crippen molar-refractivity contribution in [1.82, 2.24) is 19.7 Å². The van der Waals surface area contributed by atoms with E-state index in [-0.39, 0.29) is 11.7 Å². The zero-order valence-electron chi connectivity index (χ0n) is 17.9. The molecule has 0 radical (unpaired) electrons. The van der Waals surface area contributed by atoms with Crippen LogP contribution in [0.15, 0.2) is 47.6 Å². The molecular weight excluding hydrogens is 501 g/mol. The average molecular weight is 525 g/mol. The number of aromatic nitrogens is 3. The first-order chi connectivity index (χ1) is 16.0. The summed E-state index contributed by atoms with van der Waals surface area (Å²) in [4.78, 5) is 15.0. The normalized spacial score (nSPS) is 14.4. The van der Waals surface area contributed by atoms with Crippen molar-refractivity contribution in [3.05, 3.63) is 68.9 Å². The second kappa shape index (κ2) is 11.6. The first kappa shape index (κ1) is 24.4. The van der Waals surface area contributed by atoms with Crippen LogP contribution in [0.3, 0.4) is 0 Å². The van der Waals surface area contributed by atoms with Crippen molar-refractivity contribution in [3.63, 3.8) is 0 Å². The maximum Gasteiger partial charge on any atom is 0.234 e. The van der Waals surface area contributed by atoms with E-state index in [1.54, 1.807) is 6.07 Å². The lowest BCUT2D eigenvalue weighted by Gasteiger charge is -2.26. The van der Waals surface area contributed by atoms with E-state index in [4.69, 9.17) is 34.8 Å². The molecule has 174 valence electrons. The average Bonchev–Trinajstić information content (AvgIpc) is 3.18. The number of piperidine rings is 1. The molecule has 10 heteroatoms. The molecule has 0 atom stereocenters. The van der Waals surface area contributed by atoms with Crippen molar-refractivity contribution in [3.8, 4) is 0 Å². The van der Waals surface area contributed by atoms with E-state index in [0.29, 0.717) is 32.5 Å². The third-order valence-electron chi connectivity index (χ3n) is 5.41. The Balaban J connectivity index is 1.46. The Bertz CT molecular complexity index is 1100. The van der Waals surface area contributed by atoms with Crippen LogP contribution in [0.4, 0.5) is 5.69 Å². The molecule has 0 spiro atoms. The number of halogens is 3.